The number of hydrogen-bond acceptors (Lipinski definition) is 4. The van der Waals surface area contributed by atoms with Gasteiger partial charge in [-0.25, -0.2) is 8.42 Å². The van der Waals surface area contributed by atoms with Crippen LogP contribution in [0, 0.1) is 11.8 Å². The Morgan fingerprint density at radius 1 is 1.12 bits per heavy atom. The van der Waals surface area contributed by atoms with E-state index in [2.05, 4.69) is 15.9 Å². The molecule has 0 fully saturated rings. The summed E-state index contributed by atoms with van der Waals surface area (Å²) in [6.07, 6.45) is 1.09. The molecule has 0 amide bonds. The van der Waals surface area contributed by atoms with E-state index in [9.17, 15) is 13.2 Å². The first-order chi connectivity index (χ1) is 12.1. The van der Waals surface area contributed by atoms with Crippen molar-refractivity contribution < 1.29 is 17.9 Å². The van der Waals surface area contributed by atoms with Gasteiger partial charge in [0.1, 0.15) is 6.04 Å². The van der Waals surface area contributed by atoms with Crippen LogP contribution < -0.4 is 0 Å². The third kappa shape index (κ3) is 6.67. The zero-order valence-electron chi connectivity index (χ0n) is 16.2. The standard InChI is InChI=1S/C19H30BrNO4S/c1-6-25-19(22)18(13-15(4)5)21(12-11-14(2)3)26(23,24)17-9-7-16(20)8-10-17/h7-10,14-15,18H,6,11-13H2,1-5H3/t18-/m1/s1. The number of rotatable bonds is 10. The van der Waals surface area contributed by atoms with Gasteiger partial charge in [-0.2, -0.15) is 4.31 Å². The molecule has 0 unspecified atom stereocenters. The Morgan fingerprint density at radius 2 is 1.69 bits per heavy atom. The Balaban J connectivity index is 3.33. The van der Waals surface area contributed by atoms with Gasteiger partial charge in [-0.3, -0.25) is 4.79 Å². The van der Waals surface area contributed by atoms with Gasteiger partial charge in [-0.05, 0) is 55.9 Å². The van der Waals surface area contributed by atoms with Crippen LogP contribution in [0.5, 0.6) is 0 Å². The van der Waals surface area contributed by atoms with Crippen LogP contribution in [0.3, 0.4) is 0 Å². The molecule has 0 N–H and O–H groups in total. The molecule has 0 saturated heterocycles. The van der Waals surface area contributed by atoms with Crippen molar-refractivity contribution in [1.82, 2.24) is 4.31 Å². The molecular formula is C19H30BrNO4S. The minimum Gasteiger partial charge on any atom is -0.465 e. The Kier molecular flexibility index (Phi) is 9.27. The Hall–Kier alpha value is -0.920. The molecule has 0 spiro atoms. The normalized spacial score (nSPS) is 13.4. The first-order valence-corrected chi connectivity index (χ1v) is 11.3. The van der Waals surface area contributed by atoms with Crippen molar-refractivity contribution in [2.45, 2.75) is 58.4 Å². The summed E-state index contributed by atoms with van der Waals surface area (Å²) >= 11 is 3.32. The maximum atomic E-state index is 13.3. The van der Waals surface area contributed by atoms with Crippen molar-refractivity contribution in [3.8, 4) is 0 Å². The van der Waals surface area contributed by atoms with Gasteiger partial charge in [0.2, 0.25) is 10.0 Å². The maximum Gasteiger partial charge on any atom is 0.324 e. The van der Waals surface area contributed by atoms with E-state index >= 15 is 0 Å². The van der Waals surface area contributed by atoms with Crippen molar-refractivity contribution >= 4 is 31.9 Å². The fourth-order valence-electron chi connectivity index (χ4n) is 2.59. The number of sulfonamides is 1. The molecule has 0 radical (unpaired) electrons. The Bertz CT molecular complexity index is 671. The smallest absolute Gasteiger partial charge is 0.324 e. The number of carbonyl (C=O) groups excluding carboxylic acids is 1. The maximum absolute atomic E-state index is 13.3. The van der Waals surface area contributed by atoms with E-state index < -0.39 is 22.0 Å². The van der Waals surface area contributed by atoms with Gasteiger partial charge in [0.15, 0.2) is 0 Å². The van der Waals surface area contributed by atoms with E-state index in [1.165, 1.54) is 4.31 Å². The molecule has 1 aromatic rings. The monoisotopic (exact) mass is 447 g/mol. The number of esters is 1. The zero-order chi connectivity index (χ0) is 19.9. The molecular weight excluding hydrogens is 418 g/mol. The highest BCUT2D eigenvalue weighted by atomic mass is 79.9. The lowest BCUT2D eigenvalue weighted by molar-refractivity contribution is -0.148. The minimum atomic E-state index is -3.81. The molecule has 0 aliphatic heterocycles. The van der Waals surface area contributed by atoms with Gasteiger partial charge < -0.3 is 4.74 Å². The second-order valence-electron chi connectivity index (χ2n) is 7.15. The topological polar surface area (TPSA) is 63.7 Å². The summed E-state index contributed by atoms with van der Waals surface area (Å²) in [5.74, 6) is -0.00349. The molecule has 5 nitrogen and oxygen atoms in total. The summed E-state index contributed by atoms with van der Waals surface area (Å²) in [6, 6.07) is 5.67. The summed E-state index contributed by atoms with van der Waals surface area (Å²) < 4.78 is 33.9. The largest absolute Gasteiger partial charge is 0.465 e. The van der Waals surface area contributed by atoms with Crippen LogP contribution >= 0.6 is 15.9 Å². The van der Waals surface area contributed by atoms with Crippen LogP contribution in [0.1, 0.15) is 47.5 Å². The molecule has 1 atom stereocenters. The van der Waals surface area contributed by atoms with E-state index in [1.807, 2.05) is 27.7 Å². The van der Waals surface area contributed by atoms with Gasteiger partial charge in [-0.15, -0.1) is 0 Å². The van der Waals surface area contributed by atoms with Crippen molar-refractivity contribution in [1.29, 1.82) is 0 Å². The van der Waals surface area contributed by atoms with Gasteiger partial charge in [0.25, 0.3) is 0 Å². The van der Waals surface area contributed by atoms with Crippen LogP contribution in [0.4, 0.5) is 0 Å². The Morgan fingerprint density at radius 3 is 2.15 bits per heavy atom. The lowest BCUT2D eigenvalue weighted by atomic mass is 10.0. The van der Waals surface area contributed by atoms with Crippen LogP contribution in [0.25, 0.3) is 0 Å². The van der Waals surface area contributed by atoms with Crippen molar-refractivity contribution in [3.05, 3.63) is 28.7 Å². The average Bonchev–Trinajstić information content (AvgIpc) is 2.53. The third-order valence-corrected chi connectivity index (χ3v) is 6.40. The molecule has 0 saturated carbocycles. The zero-order valence-corrected chi connectivity index (χ0v) is 18.6. The first kappa shape index (κ1) is 23.1. The fourth-order valence-corrected chi connectivity index (χ4v) is 4.46. The summed E-state index contributed by atoms with van der Waals surface area (Å²) in [5.41, 5.74) is 0. The Labute approximate surface area is 166 Å². The molecule has 1 aromatic carbocycles. The van der Waals surface area contributed by atoms with Gasteiger partial charge in [-0.1, -0.05) is 43.6 Å². The molecule has 26 heavy (non-hydrogen) atoms. The fraction of sp³-hybridized carbons (Fsp3) is 0.632. The molecule has 7 heteroatoms. The SMILES string of the molecule is CCOC(=O)[C@@H](CC(C)C)N(CCC(C)C)S(=O)(=O)c1ccc(Br)cc1. The van der Waals surface area contributed by atoms with Crippen molar-refractivity contribution in [2.75, 3.05) is 13.2 Å². The predicted molar refractivity (Wildman–Crippen MR) is 107 cm³/mol. The van der Waals surface area contributed by atoms with Crippen LogP contribution in [-0.2, 0) is 19.6 Å². The summed E-state index contributed by atoms with van der Waals surface area (Å²) in [6.45, 7) is 10.2. The number of ether oxygens (including phenoxy) is 1. The highest BCUT2D eigenvalue weighted by Gasteiger charge is 2.37. The van der Waals surface area contributed by atoms with E-state index in [4.69, 9.17) is 4.74 Å². The number of nitrogens with zero attached hydrogens (tertiary/aromatic N) is 1. The van der Waals surface area contributed by atoms with Crippen molar-refractivity contribution in [2.24, 2.45) is 11.8 Å². The van der Waals surface area contributed by atoms with Gasteiger partial charge in [0, 0.05) is 11.0 Å². The number of hydrogen-bond donors (Lipinski definition) is 0. The summed E-state index contributed by atoms with van der Waals surface area (Å²) in [7, 11) is -3.81. The average molecular weight is 448 g/mol. The van der Waals surface area contributed by atoms with Gasteiger partial charge >= 0.3 is 5.97 Å². The lowest BCUT2D eigenvalue weighted by Gasteiger charge is -2.31. The van der Waals surface area contributed by atoms with E-state index in [0.29, 0.717) is 18.8 Å². The lowest BCUT2D eigenvalue weighted by Crippen LogP contribution is -2.47. The quantitative estimate of drug-likeness (QED) is 0.496. The first-order valence-electron chi connectivity index (χ1n) is 9.03. The molecule has 0 aromatic heterocycles. The minimum absolute atomic E-state index is 0.158. The van der Waals surface area contributed by atoms with Crippen LogP contribution in [0.2, 0.25) is 0 Å². The van der Waals surface area contributed by atoms with E-state index in [0.717, 1.165) is 4.47 Å². The molecule has 1 rings (SSSR count). The highest BCUT2D eigenvalue weighted by Crippen LogP contribution is 2.25. The third-order valence-electron chi connectivity index (χ3n) is 3.95. The number of halogens is 1. The van der Waals surface area contributed by atoms with E-state index in [-0.39, 0.29) is 24.0 Å². The number of carbonyl (C=O) groups is 1. The second-order valence-corrected chi connectivity index (χ2v) is 9.96. The summed E-state index contributed by atoms with van der Waals surface area (Å²) in [4.78, 5) is 12.7. The molecule has 0 aliphatic rings. The molecule has 0 aliphatic carbocycles. The van der Waals surface area contributed by atoms with Crippen LogP contribution in [0.15, 0.2) is 33.6 Å². The predicted octanol–water partition coefficient (Wildman–Crippen LogP) is 4.46. The van der Waals surface area contributed by atoms with Gasteiger partial charge in [0.05, 0.1) is 11.5 Å². The second kappa shape index (κ2) is 10.4. The molecule has 0 bridgehead atoms. The summed E-state index contributed by atoms with van der Waals surface area (Å²) in [5, 5.41) is 0. The molecule has 148 valence electrons. The number of benzene rings is 1. The van der Waals surface area contributed by atoms with Crippen LogP contribution in [-0.4, -0.2) is 37.9 Å². The highest BCUT2D eigenvalue weighted by molar-refractivity contribution is 9.10. The van der Waals surface area contributed by atoms with E-state index in [1.54, 1.807) is 31.2 Å². The van der Waals surface area contributed by atoms with Crippen molar-refractivity contribution in [3.63, 3.8) is 0 Å². The molecule has 0 heterocycles.